The highest BCUT2D eigenvalue weighted by molar-refractivity contribution is 5.98. The van der Waals surface area contributed by atoms with E-state index in [4.69, 9.17) is 0 Å². The molecule has 1 atom stereocenters. The van der Waals surface area contributed by atoms with E-state index in [1.54, 1.807) is 12.1 Å². The Bertz CT molecular complexity index is 644. The Balaban J connectivity index is 1.72. The minimum absolute atomic E-state index is 0.219. The third-order valence-electron chi connectivity index (χ3n) is 3.47. The van der Waals surface area contributed by atoms with Gasteiger partial charge in [0.1, 0.15) is 11.9 Å². The maximum absolute atomic E-state index is 13.7. The summed E-state index contributed by atoms with van der Waals surface area (Å²) < 4.78 is 13.7. The zero-order valence-corrected chi connectivity index (χ0v) is 11.1. The smallest absolute Gasteiger partial charge is 0.247 e. The molecule has 3 nitrogen and oxygen atoms in total. The Labute approximate surface area is 116 Å². The normalized spacial score (nSPS) is 16.4. The number of hydrogen-bond acceptors (Lipinski definition) is 2. The lowest BCUT2D eigenvalue weighted by Gasteiger charge is -2.12. The van der Waals surface area contributed by atoms with Crippen molar-refractivity contribution in [3.8, 4) is 0 Å². The van der Waals surface area contributed by atoms with Gasteiger partial charge in [0.2, 0.25) is 5.91 Å². The standard InChI is InChI=1S/C16H15FN2O/c1-10-6-7-14(12(17)8-10)19-16(20)15-9-11-4-2-3-5-13(11)18-15/h2-8,15,18H,9H2,1H3,(H,19,20)/t15-/m0/s1. The Hall–Kier alpha value is -2.36. The third-order valence-corrected chi connectivity index (χ3v) is 3.47. The fourth-order valence-corrected chi connectivity index (χ4v) is 2.40. The molecule has 1 heterocycles. The summed E-state index contributed by atoms with van der Waals surface area (Å²) in [5.74, 6) is -0.627. The molecule has 0 fully saturated rings. The molecule has 0 aromatic heterocycles. The SMILES string of the molecule is Cc1ccc(NC(=O)[C@@H]2Cc3ccccc3N2)c(F)c1. The first-order chi connectivity index (χ1) is 9.63. The molecule has 2 aromatic rings. The maximum Gasteiger partial charge on any atom is 0.247 e. The summed E-state index contributed by atoms with van der Waals surface area (Å²) in [6.45, 7) is 1.81. The fraction of sp³-hybridized carbons (Fsp3) is 0.188. The van der Waals surface area contributed by atoms with Crippen LogP contribution < -0.4 is 10.6 Å². The van der Waals surface area contributed by atoms with E-state index >= 15 is 0 Å². The van der Waals surface area contributed by atoms with E-state index in [1.165, 1.54) is 6.07 Å². The topological polar surface area (TPSA) is 41.1 Å². The summed E-state index contributed by atoms with van der Waals surface area (Å²) in [5, 5.41) is 5.79. The summed E-state index contributed by atoms with van der Waals surface area (Å²) in [7, 11) is 0. The lowest BCUT2D eigenvalue weighted by atomic mass is 10.1. The molecule has 1 amide bonds. The number of nitrogens with one attached hydrogen (secondary N) is 2. The molecule has 4 heteroatoms. The fourth-order valence-electron chi connectivity index (χ4n) is 2.40. The molecule has 3 rings (SSSR count). The number of halogens is 1. The summed E-state index contributed by atoms with van der Waals surface area (Å²) in [6.07, 6.45) is 0.621. The molecule has 0 spiro atoms. The number of carbonyl (C=O) groups is 1. The first-order valence-electron chi connectivity index (χ1n) is 6.55. The van der Waals surface area contributed by atoms with Crippen LogP contribution in [0.15, 0.2) is 42.5 Å². The molecule has 20 heavy (non-hydrogen) atoms. The third kappa shape index (κ3) is 2.37. The number of rotatable bonds is 2. The van der Waals surface area contributed by atoms with Gasteiger partial charge in [0.15, 0.2) is 0 Å². The van der Waals surface area contributed by atoms with Gasteiger partial charge in [0, 0.05) is 12.1 Å². The van der Waals surface area contributed by atoms with E-state index in [2.05, 4.69) is 10.6 Å². The Morgan fingerprint density at radius 3 is 2.85 bits per heavy atom. The molecule has 2 aromatic carbocycles. The van der Waals surface area contributed by atoms with Crippen LogP contribution in [0.25, 0.3) is 0 Å². The second-order valence-corrected chi connectivity index (χ2v) is 5.03. The second kappa shape index (κ2) is 4.96. The number of amides is 1. The number of para-hydroxylation sites is 1. The van der Waals surface area contributed by atoms with Gasteiger partial charge in [-0.15, -0.1) is 0 Å². The number of aryl methyl sites for hydroxylation is 1. The predicted octanol–water partition coefficient (Wildman–Crippen LogP) is 3.11. The number of hydrogen-bond donors (Lipinski definition) is 2. The lowest BCUT2D eigenvalue weighted by molar-refractivity contribution is -0.116. The van der Waals surface area contributed by atoms with Crippen LogP contribution in [-0.2, 0) is 11.2 Å². The summed E-state index contributed by atoms with van der Waals surface area (Å²) >= 11 is 0. The van der Waals surface area contributed by atoms with Gasteiger partial charge in [-0.25, -0.2) is 4.39 Å². The summed E-state index contributed by atoms with van der Waals surface area (Å²) in [6, 6.07) is 12.2. The second-order valence-electron chi connectivity index (χ2n) is 5.03. The number of fused-ring (bicyclic) bond motifs is 1. The van der Waals surface area contributed by atoms with Crippen LogP contribution in [-0.4, -0.2) is 11.9 Å². The van der Waals surface area contributed by atoms with E-state index < -0.39 is 5.82 Å². The molecule has 102 valence electrons. The van der Waals surface area contributed by atoms with E-state index in [-0.39, 0.29) is 17.6 Å². The van der Waals surface area contributed by atoms with Crippen molar-refractivity contribution in [2.24, 2.45) is 0 Å². The Morgan fingerprint density at radius 2 is 2.10 bits per heavy atom. The van der Waals surface area contributed by atoms with Crippen molar-refractivity contribution in [3.05, 3.63) is 59.4 Å². The first-order valence-corrected chi connectivity index (χ1v) is 6.55. The van der Waals surface area contributed by atoms with Crippen LogP contribution in [0.3, 0.4) is 0 Å². The average molecular weight is 270 g/mol. The van der Waals surface area contributed by atoms with Crippen molar-refractivity contribution in [2.75, 3.05) is 10.6 Å². The van der Waals surface area contributed by atoms with Gasteiger partial charge < -0.3 is 10.6 Å². The molecule has 1 aliphatic heterocycles. The molecule has 2 N–H and O–H groups in total. The van der Waals surface area contributed by atoms with Crippen molar-refractivity contribution < 1.29 is 9.18 Å². The van der Waals surface area contributed by atoms with Crippen LogP contribution in [0.4, 0.5) is 15.8 Å². The molecule has 0 bridgehead atoms. The molecular weight excluding hydrogens is 255 g/mol. The van der Waals surface area contributed by atoms with E-state index in [9.17, 15) is 9.18 Å². The van der Waals surface area contributed by atoms with Crippen molar-refractivity contribution in [2.45, 2.75) is 19.4 Å². The van der Waals surface area contributed by atoms with Gasteiger partial charge in [0.25, 0.3) is 0 Å². The molecule has 0 radical (unpaired) electrons. The zero-order valence-electron chi connectivity index (χ0n) is 11.1. The van der Waals surface area contributed by atoms with Gasteiger partial charge in [-0.3, -0.25) is 4.79 Å². The Morgan fingerprint density at radius 1 is 1.30 bits per heavy atom. The largest absolute Gasteiger partial charge is 0.373 e. The van der Waals surface area contributed by atoms with Crippen LogP contribution in [0.1, 0.15) is 11.1 Å². The summed E-state index contributed by atoms with van der Waals surface area (Å²) in [5.41, 5.74) is 3.12. The van der Waals surface area contributed by atoms with Crippen molar-refractivity contribution in [1.29, 1.82) is 0 Å². The maximum atomic E-state index is 13.7. The molecule has 0 saturated carbocycles. The van der Waals surface area contributed by atoms with Crippen molar-refractivity contribution in [1.82, 2.24) is 0 Å². The molecule has 0 saturated heterocycles. The minimum Gasteiger partial charge on any atom is -0.373 e. The monoisotopic (exact) mass is 270 g/mol. The molecular formula is C16H15FN2O. The summed E-state index contributed by atoms with van der Waals surface area (Å²) in [4.78, 5) is 12.2. The Kier molecular flexibility index (Phi) is 3.14. The quantitative estimate of drug-likeness (QED) is 0.880. The minimum atomic E-state index is -0.408. The van der Waals surface area contributed by atoms with Gasteiger partial charge in [0.05, 0.1) is 5.69 Å². The number of carbonyl (C=O) groups excluding carboxylic acids is 1. The van der Waals surface area contributed by atoms with Crippen LogP contribution in [0.2, 0.25) is 0 Å². The predicted molar refractivity (Wildman–Crippen MR) is 77.3 cm³/mol. The number of anilines is 2. The highest BCUT2D eigenvalue weighted by Gasteiger charge is 2.26. The van der Waals surface area contributed by atoms with Gasteiger partial charge in [-0.05, 0) is 36.2 Å². The van der Waals surface area contributed by atoms with Gasteiger partial charge >= 0.3 is 0 Å². The van der Waals surface area contributed by atoms with E-state index in [0.717, 1.165) is 16.8 Å². The van der Waals surface area contributed by atoms with Crippen LogP contribution >= 0.6 is 0 Å². The van der Waals surface area contributed by atoms with E-state index in [1.807, 2.05) is 31.2 Å². The van der Waals surface area contributed by atoms with Crippen LogP contribution in [0, 0.1) is 12.7 Å². The van der Waals surface area contributed by atoms with Crippen LogP contribution in [0.5, 0.6) is 0 Å². The molecule has 0 aliphatic carbocycles. The van der Waals surface area contributed by atoms with Gasteiger partial charge in [-0.1, -0.05) is 24.3 Å². The first kappa shape index (κ1) is 12.7. The average Bonchev–Trinajstić information content (AvgIpc) is 2.86. The lowest BCUT2D eigenvalue weighted by Crippen LogP contribution is -2.33. The zero-order chi connectivity index (χ0) is 14.1. The molecule has 1 aliphatic rings. The molecule has 0 unspecified atom stereocenters. The van der Waals surface area contributed by atoms with Crippen molar-refractivity contribution in [3.63, 3.8) is 0 Å². The number of benzene rings is 2. The highest BCUT2D eigenvalue weighted by Crippen LogP contribution is 2.26. The van der Waals surface area contributed by atoms with Crippen molar-refractivity contribution >= 4 is 17.3 Å². The van der Waals surface area contributed by atoms with E-state index in [0.29, 0.717) is 6.42 Å². The van der Waals surface area contributed by atoms with Gasteiger partial charge in [-0.2, -0.15) is 0 Å². The highest BCUT2D eigenvalue weighted by atomic mass is 19.1.